The second-order valence-corrected chi connectivity index (χ2v) is 5.72. The van der Waals surface area contributed by atoms with E-state index < -0.39 is 23.7 Å². The van der Waals surface area contributed by atoms with Crippen molar-refractivity contribution in [1.29, 1.82) is 0 Å². The van der Waals surface area contributed by atoms with Crippen LogP contribution in [0.5, 0.6) is 11.5 Å². The highest BCUT2D eigenvalue weighted by atomic mass is 19.1. The predicted molar refractivity (Wildman–Crippen MR) is 90.2 cm³/mol. The SMILES string of the molecule is O=C(NNC(=O)C1COc2ccccc2O1)c1cc2cc(F)ccc2[nH]1. The molecule has 8 heteroatoms. The van der Waals surface area contributed by atoms with E-state index in [4.69, 9.17) is 9.47 Å². The smallest absolute Gasteiger partial charge is 0.286 e. The number of hydrogen-bond donors (Lipinski definition) is 3. The number of ether oxygens (including phenoxy) is 2. The summed E-state index contributed by atoms with van der Waals surface area (Å²) in [5, 5.41) is 0.557. The van der Waals surface area contributed by atoms with Gasteiger partial charge in [-0.25, -0.2) is 4.39 Å². The first-order chi connectivity index (χ1) is 12.6. The number of halogens is 1. The molecule has 26 heavy (non-hydrogen) atoms. The third-order valence-corrected chi connectivity index (χ3v) is 3.93. The topological polar surface area (TPSA) is 92.5 Å². The molecular weight excluding hydrogens is 341 g/mol. The molecule has 2 heterocycles. The van der Waals surface area contributed by atoms with Gasteiger partial charge in [-0.15, -0.1) is 0 Å². The van der Waals surface area contributed by atoms with Gasteiger partial charge in [0.05, 0.1) is 0 Å². The van der Waals surface area contributed by atoms with Crippen LogP contribution in [0.4, 0.5) is 4.39 Å². The number of aromatic nitrogens is 1. The summed E-state index contributed by atoms with van der Waals surface area (Å²) in [6.45, 7) is 0.0321. The fourth-order valence-electron chi connectivity index (χ4n) is 2.64. The minimum atomic E-state index is -0.887. The van der Waals surface area contributed by atoms with Crippen LogP contribution < -0.4 is 20.3 Å². The fraction of sp³-hybridized carbons (Fsp3) is 0.111. The lowest BCUT2D eigenvalue weighted by Crippen LogP contribution is -2.50. The summed E-state index contributed by atoms with van der Waals surface area (Å²) >= 11 is 0. The van der Waals surface area contributed by atoms with E-state index in [0.29, 0.717) is 22.4 Å². The molecule has 0 saturated carbocycles. The number of aromatic amines is 1. The molecule has 1 aliphatic rings. The molecule has 4 rings (SSSR count). The Labute approximate surface area is 147 Å². The maximum Gasteiger partial charge on any atom is 0.286 e. The zero-order valence-electron chi connectivity index (χ0n) is 13.4. The summed E-state index contributed by atoms with van der Waals surface area (Å²) in [4.78, 5) is 27.2. The first kappa shape index (κ1) is 15.9. The van der Waals surface area contributed by atoms with E-state index >= 15 is 0 Å². The van der Waals surface area contributed by atoms with E-state index in [9.17, 15) is 14.0 Å². The van der Waals surface area contributed by atoms with Gasteiger partial charge < -0.3 is 14.5 Å². The number of benzene rings is 2. The van der Waals surface area contributed by atoms with Crippen LogP contribution >= 0.6 is 0 Å². The number of para-hydroxylation sites is 2. The van der Waals surface area contributed by atoms with Crippen molar-refractivity contribution >= 4 is 22.7 Å². The Kier molecular flexibility index (Phi) is 3.92. The van der Waals surface area contributed by atoms with Crippen LogP contribution in [0.3, 0.4) is 0 Å². The molecule has 7 nitrogen and oxygen atoms in total. The number of hydrogen-bond acceptors (Lipinski definition) is 4. The summed E-state index contributed by atoms with van der Waals surface area (Å²) in [6.07, 6.45) is -0.887. The zero-order chi connectivity index (χ0) is 18.1. The van der Waals surface area contributed by atoms with Gasteiger partial charge in [-0.05, 0) is 36.4 Å². The highest BCUT2D eigenvalue weighted by Gasteiger charge is 2.27. The lowest BCUT2D eigenvalue weighted by atomic mass is 10.2. The highest BCUT2D eigenvalue weighted by Crippen LogP contribution is 2.30. The van der Waals surface area contributed by atoms with Crippen LogP contribution in [0, 0.1) is 5.82 Å². The van der Waals surface area contributed by atoms with E-state index in [1.165, 1.54) is 24.3 Å². The van der Waals surface area contributed by atoms with Crippen molar-refractivity contribution in [3.8, 4) is 11.5 Å². The molecule has 0 fully saturated rings. The van der Waals surface area contributed by atoms with Crippen LogP contribution in [0.1, 0.15) is 10.5 Å². The fourth-order valence-corrected chi connectivity index (χ4v) is 2.64. The quantitative estimate of drug-likeness (QED) is 0.612. The van der Waals surface area contributed by atoms with E-state index in [-0.39, 0.29) is 12.3 Å². The Morgan fingerprint density at radius 1 is 1.08 bits per heavy atom. The average Bonchev–Trinajstić information content (AvgIpc) is 3.08. The second-order valence-electron chi connectivity index (χ2n) is 5.72. The van der Waals surface area contributed by atoms with E-state index in [2.05, 4.69) is 15.8 Å². The molecule has 1 unspecified atom stereocenters. The molecule has 1 atom stereocenters. The van der Waals surface area contributed by atoms with E-state index in [0.717, 1.165) is 0 Å². The molecule has 1 aromatic heterocycles. The number of nitrogens with one attached hydrogen (secondary N) is 3. The van der Waals surface area contributed by atoms with Crippen molar-refractivity contribution in [2.24, 2.45) is 0 Å². The molecule has 0 spiro atoms. The number of rotatable bonds is 2. The second kappa shape index (κ2) is 6.40. The van der Waals surface area contributed by atoms with Gasteiger partial charge in [-0.3, -0.25) is 20.4 Å². The summed E-state index contributed by atoms with van der Waals surface area (Å²) in [5.41, 5.74) is 5.40. The van der Waals surface area contributed by atoms with Crippen LogP contribution in [-0.4, -0.2) is 29.5 Å². The first-order valence-corrected chi connectivity index (χ1v) is 7.87. The largest absolute Gasteiger partial charge is 0.485 e. The van der Waals surface area contributed by atoms with Gasteiger partial charge in [0.2, 0.25) is 6.10 Å². The van der Waals surface area contributed by atoms with Gasteiger partial charge in [0, 0.05) is 10.9 Å². The van der Waals surface area contributed by atoms with Crippen molar-refractivity contribution in [1.82, 2.24) is 15.8 Å². The van der Waals surface area contributed by atoms with E-state index in [1.807, 2.05) is 0 Å². The Morgan fingerprint density at radius 3 is 2.73 bits per heavy atom. The van der Waals surface area contributed by atoms with Gasteiger partial charge in [-0.1, -0.05) is 12.1 Å². The molecule has 2 aromatic carbocycles. The standard InChI is InChI=1S/C18H14FN3O4/c19-11-5-6-12-10(7-11)8-13(20-12)17(23)21-22-18(24)16-9-25-14-3-1-2-4-15(14)26-16/h1-8,16,20H,9H2,(H,21,23)(H,22,24). The lowest BCUT2D eigenvalue weighted by Gasteiger charge is -2.25. The number of fused-ring (bicyclic) bond motifs is 2. The number of hydrazine groups is 1. The number of amides is 2. The van der Waals surface area contributed by atoms with Gasteiger partial charge in [0.25, 0.3) is 11.8 Å². The number of carbonyl (C=O) groups excluding carboxylic acids is 2. The average molecular weight is 355 g/mol. The van der Waals surface area contributed by atoms with Crippen molar-refractivity contribution in [3.05, 3.63) is 60.0 Å². The lowest BCUT2D eigenvalue weighted by molar-refractivity contribution is -0.131. The van der Waals surface area contributed by atoms with Gasteiger partial charge in [0.1, 0.15) is 18.1 Å². The molecular formula is C18H14FN3O4. The summed E-state index contributed by atoms with van der Waals surface area (Å²) in [5.74, 6) is -0.484. The molecule has 2 amide bonds. The monoisotopic (exact) mass is 355 g/mol. The Morgan fingerprint density at radius 2 is 1.88 bits per heavy atom. The molecule has 0 bridgehead atoms. The first-order valence-electron chi connectivity index (χ1n) is 7.87. The minimum absolute atomic E-state index is 0.0321. The van der Waals surface area contributed by atoms with Crippen LogP contribution in [-0.2, 0) is 4.79 Å². The van der Waals surface area contributed by atoms with Crippen LogP contribution in [0.25, 0.3) is 10.9 Å². The van der Waals surface area contributed by atoms with Crippen LogP contribution in [0.2, 0.25) is 0 Å². The van der Waals surface area contributed by atoms with Crippen molar-refractivity contribution < 1.29 is 23.5 Å². The number of carbonyl (C=O) groups is 2. The summed E-state index contributed by atoms with van der Waals surface area (Å²) < 4.78 is 24.2. The predicted octanol–water partition coefficient (Wildman–Crippen LogP) is 1.91. The van der Waals surface area contributed by atoms with Gasteiger partial charge in [0.15, 0.2) is 11.5 Å². The Hall–Kier alpha value is -3.55. The third kappa shape index (κ3) is 3.04. The molecule has 0 aliphatic carbocycles. The van der Waals surface area contributed by atoms with Crippen molar-refractivity contribution in [2.75, 3.05) is 6.61 Å². The Bertz CT molecular complexity index is 1000. The van der Waals surface area contributed by atoms with Gasteiger partial charge >= 0.3 is 0 Å². The maximum atomic E-state index is 13.2. The van der Waals surface area contributed by atoms with Crippen molar-refractivity contribution in [3.63, 3.8) is 0 Å². The highest BCUT2D eigenvalue weighted by molar-refractivity contribution is 5.99. The van der Waals surface area contributed by atoms with Crippen LogP contribution in [0.15, 0.2) is 48.5 Å². The third-order valence-electron chi connectivity index (χ3n) is 3.93. The molecule has 132 valence electrons. The molecule has 3 aromatic rings. The maximum absolute atomic E-state index is 13.2. The van der Waals surface area contributed by atoms with E-state index in [1.54, 1.807) is 24.3 Å². The number of H-pyrrole nitrogens is 1. The molecule has 3 N–H and O–H groups in total. The van der Waals surface area contributed by atoms with Gasteiger partial charge in [-0.2, -0.15) is 0 Å². The molecule has 0 radical (unpaired) electrons. The minimum Gasteiger partial charge on any atom is -0.485 e. The summed E-state index contributed by atoms with van der Waals surface area (Å²) in [6, 6.07) is 12.6. The van der Waals surface area contributed by atoms with Crippen molar-refractivity contribution in [2.45, 2.75) is 6.10 Å². The molecule has 0 saturated heterocycles. The molecule has 1 aliphatic heterocycles. The zero-order valence-corrected chi connectivity index (χ0v) is 13.4. The summed E-state index contributed by atoms with van der Waals surface area (Å²) in [7, 11) is 0. The normalized spacial score (nSPS) is 15.5. The Balaban J connectivity index is 1.38.